The van der Waals surface area contributed by atoms with E-state index >= 15 is 0 Å². The molecule has 2 aromatic carbocycles. The summed E-state index contributed by atoms with van der Waals surface area (Å²) in [6.45, 7) is 3.83. The van der Waals surface area contributed by atoms with Crippen molar-refractivity contribution in [2.45, 2.75) is 20.3 Å². The van der Waals surface area contributed by atoms with Gasteiger partial charge in [0, 0.05) is 9.13 Å². The second-order valence-corrected chi connectivity index (χ2v) is 7.39. The maximum Gasteiger partial charge on any atom is 0.276 e. The standard InChI is InChI=1S/C18H18BrIN2O3/c1-3-12-5-7-16(14(19)8-12)25-10-17(23)21-22-18(24)13-6-4-11(2)15(20)9-13/h4-9H,3,10H2,1-2H3,(H,21,23)(H,22,24). The molecule has 0 heterocycles. The molecular formula is C18H18BrIN2O3. The molecule has 0 aliphatic carbocycles. The van der Waals surface area contributed by atoms with Gasteiger partial charge in [-0.3, -0.25) is 20.4 Å². The Balaban J connectivity index is 1.84. The molecule has 2 rings (SSSR count). The van der Waals surface area contributed by atoms with Gasteiger partial charge in [-0.15, -0.1) is 0 Å². The van der Waals surface area contributed by atoms with Crippen molar-refractivity contribution >= 4 is 50.3 Å². The third kappa shape index (κ3) is 5.71. The van der Waals surface area contributed by atoms with Gasteiger partial charge in [0.1, 0.15) is 5.75 Å². The summed E-state index contributed by atoms with van der Waals surface area (Å²) in [5.74, 6) is -0.242. The number of benzene rings is 2. The second-order valence-electron chi connectivity index (χ2n) is 5.37. The van der Waals surface area contributed by atoms with Crippen molar-refractivity contribution in [2.24, 2.45) is 0 Å². The lowest BCUT2D eigenvalue weighted by Gasteiger charge is -2.11. The number of hydrazine groups is 1. The molecule has 0 atom stereocenters. The summed E-state index contributed by atoms with van der Waals surface area (Å²) in [4.78, 5) is 23.9. The Morgan fingerprint density at radius 1 is 1.16 bits per heavy atom. The molecule has 0 aliphatic heterocycles. The van der Waals surface area contributed by atoms with Gasteiger partial charge in [0.2, 0.25) is 0 Å². The average Bonchev–Trinajstić information content (AvgIpc) is 2.60. The predicted molar refractivity (Wildman–Crippen MR) is 109 cm³/mol. The van der Waals surface area contributed by atoms with Crippen LogP contribution in [0.4, 0.5) is 0 Å². The number of carbonyl (C=O) groups excluding carboxylic acids is 2. The van der Waals surface area contributed by atoms with Crippen molar-refractivity contribution in [3.05, 3.63) is 61.1 Å². The van der Waals surface area contributed by atoms with Gasteiger partial charge in [0.25, 0.3) is 11.8 Å². The Bertz CT molecular complexity index is 796. The summed E-state index contributed by atoms with van der Waals surface area (Å²) in [6, 6.07) is 11.0. The first-order valence-electron chi connectivity index (χ1n) is 7.67. The Kier molecular flexibility index (Phi) is 7.24. The molecular weight excluding hydrogens is 499 g/mol. The van der Waals surface area contributed by atoms with Crippen LogP contribution in [-0.4, -0.2) is 18.4 Å². The summed E-state index contributed by atoms with van der Waals surface area (Å²) in [5, 5.41) is 0. The van der Waals surface area contributed by atoms with Crippen LogP contribution in [0.25, 0.3) is 0 Å². The van der Waals surface area contributed by atoms with Crippen LogP contribution in [0.3, 0.4) is 0 Å². The van der Waals surface area contributed by atoms with Crippen molar-refractivity contribution in [2.75, 3.05) is 6.61 Å². The van der Waals surface area contributed by atoms with E-state index in [1.165, 1.54) is 5.56 Å². The number of hydrogen-bond donors (Lipinski definition) is 2. The fourth-order valence-corrected chi connectivity index (χ4v) is 3.05. The summed E-state index contributed by atoms with van der Waals surface area (Å²) in [5.41, 5.74) is 7.47. The monoisotopic (exact) mass is 516 g/mol. The summed E-state index contributed by atoms with van der Waals surface area (Å²) in [6.07, 6.45) is 0.920. The predicted octanol–water partition coefficient (Wildman–Crippen LogP) is 3.76. The molecule has 0 saturated carbocycles. The molecule has 0 aromatic heterocycles. The van der Waals surface area contributed by atoms with E-state index in [0.29, 0.717) is 11.3 Å². The van der Waals surface area contributed by atoms with Crippen LogP contribution in [0.5, 0.6) is 5.75 Å². The summed E-state index contributed by atoms with van der Waals surface area (Å²) in [7, 11) is 0. The number of carbonyl (C=O) groups is 2. The highest BCUT2D eigenvalue weighted by Crippen LogP contribution is 2.26. The van der Waals surface area contributed by atoms with Gasteiger partial charge in [-0.25, -0.2) is 0 Å². The Morgan fingerprint density at radius 2 is 1.92 bits per heavy atom. The van der Waals surface area contributed by atoms with Gasteiger partial charge >= 0.3 is 0 Å². The van der Waals surface area contributed by atoms with E-state index in [1.807, 2.05) is 31.2 Å². The van der Waals surface area contributed by atoms with Gasteiger partial charge in [-0.05, 0) is 87.3 Å². The fourth-order valence-electron chi connectivity index (χ4n) is 1.99. The van der Waals surface area contributed by atoms with E-state index in [0.717, 1.165) is 20.0 Å². The van der Waals surface area contributed by atoms with Crippen LogP contribution in [-0.2, 0) is 11.2 Å². The molecule has 7 heteroatoms. The van der Waals surface area contributed by atoms with E-state index < -0.39 is 5.91 Å². The molecule has 25 heavy (non-hydrogen) atoms. The highest BCUT2D eigenvalue weighted by molar-refractivity contribution is 14.1. The van der Waals surface area contributed by atoms with E-state index in [4.69, 9.17) is 4.74 Å². The van der Waals surface area contributed by atoms with Crippen molar-refractivity contribution in [3.63, 3.8) is 0 Å². The van der Waals surface area contributed by atoms with Gasteiger partial charge in [-0.1, -0.05) is 19.1 Å². The quantitative estimate of drug-likeness (QED) is 0.469. The molecule has 2 amide bonds. The van der Waals surface area contributed by atoms with Gasteiger partial charge in [-0.2, -0.15) is 0 Å². The third-order valence-corrected chi connectivity index (χ3v) is 5.29. The zero-order valence-corrected chi connectivity index (χ0v) is 17.6. The highest BCUT2D eigenvalue weighted by atomic mass is 127. The van der Waals surface area contributed by atoms with Crippen LogP contribution in [0.1, 0.15) is 28.4 Å². The number of nitrogens with one attached hydrogen (secondary N) is 2. The number of amides is 2. The SMILES string of the molecule is CCc1ccc(OCC(=O)NNC(=O)c2ccc(C)c(I)c2)c(Br)c1. The maximum atomic E-state index is 12.0. The van der Waals surface area contributed by atoms with E-state index in [2.05, 4.69) is 56.3 Å². The lowest BCUT2D eigenvalue weighted by atomic mass is 10.1. The topological polar surface area (TPSA) is 67.4 Å². The van der Waals surface area contributed by atoms with Gasteiger partial charge < -0.3 is 4.74 Å². The van der Waals surface area contributed by atoms with E-state index in [1.54, 1.807) is 12.1 Å². The summed E-state index contributed by atoms with van der Waals surface area (Å²) >= 11 is 5.58. The van der Waals surface area contributed by atoms with Crippen LogP contribution in [0.2, 0.25) is 0 Å². The number of hydrogen-bond acceptors (Lipinski definition) is 3. The average molecular weight is 517 g/mol. The van der Waals surface area contributed by atoms with Gasteiger partial charge in [0.05, 0.1) is 4.47 Å². The molecule has 0 aliphatic rings. The van der Waals surface area contributed by atoms with Crippen LogP contribution < -0.4 is 15.6 Å². The van der Waals surface area contributed by atoms with Crippen LogP contribution in [0, 0.1) is 10.5 Å². The Labute approximate surface area is 168 Å². The molecule has 0 radical (unpaired) electrons. The molecule has 0 spiro atoms. The van der Waals surface area contributed by atoms with Crippen LogP contribution >= 0.6 is 38.5 Å². The minimum Gasteiger partial charge on any atom is -0.483 e. The second kappa shape index (κ2) is 9.19. The lowest BCUT2D eigenvalue weighted by Crippen LogP contribution is -2.43. The zero-order valence-electron chi connectivity index (χ0n) is 13.9. The molecule has 5 nitrogen and oxygen atoms in total. The van der Waals surface area contributed by atoms with E-state index in [9.17, 15) is 9.59 Å². The fraction of sp³-hybridized carbons (Fsp3) is 0.222. The smallest absolute Gasteiger partial charge is 0.276 e. The first-order chi connectivity index (χ1) is 11.9. The Morgan fingerprint density at radius 3 is 2.56 bits per heavy atom. The number of ether oxygens (including phenoxy) is 1. The normalized spacial score (nSPS) is 10.2. The van der Waals surface area contributed by atoms with Crippen molar-refractivity contribution < 1.29 is 14.3 Å². The summed E-state index contributed by atoms with van der Waals surface area (Å²) < 4.78 is 7.24. The van der Waals surface area contributed by atoms with Crippen molar-refractivity contribution in [1.29, 1.82) is 0 Å². The number of rotatable bonds is 5. The minimum atomic E-state index is -0.443. The van der Waals surface area contributed by atoms with Crippen molar-refractivity contribution in [3.8, 4) is 5.75 Å². The maximum absolute atomic E-state index is 12.0. The minimum absolute atomic E-state index is 0.199. The van der Waals surface area contributed by atoms with Gasteiger partial charge in [0.15, 0.2) is 6.61 Å². The third-order valence-electron chi connectivity index (χ3n) is 3.51. The zero-order chi connectivity index (χ0) is 18.4. The molecule has 0 saturated heterocycles. The molecule has 0 fully saturated rings. The Hall–Kier alpha value is -1.61. The molecule has 2 N–H and O–H groups in total. The lowest BCUT2D eigenvalue weighted by molar-refractivity contribution is -0.123. The number of aryl methyl sites for hydroxylation is 2. The molecule has 0 unspecified atom stereocenters. The first kappa shape index (κ1) is 19.7. The molecule has 132 valence electrons. The largest absolute Gasteiger partial charge is 0.483 e. The van der Waals surface area contributed by atoms with Crippen LogP contribution in [0.15, 0.2) is 40.9 Å². The number of halogens is 2. The highest BCUT2D eigenvalue weighted by Gasteiger charge is 2.10. The van der Waals surface area contributed by atoms with E-state index in [-0.39, 0.29) is 12.5 Å². The molecule has 2 aromatic rings. The van der Waals surface area contributed by atoms with Crippen molar-refractivity contribution in [1.82, 2.24) is 10.9 Å². The first-order valence-corrected chi connectivity index (χ1v) is 9.54. The molecule has 0 bridgehead atoms.